The zero-order chi connectivity index (χ0) is 27.9. The first-order valence-electron chi connectivity index (χ1n) is 14.3. The molecule has 0 unspecified atom stereocenters. The van der Waals surface area contributed by atoms with E-state index in [0.717, 1.165) is 39.0 Å². The number of furan rings is 1. The molecule has 198 valence electrons. The Kier molecular flexibility index (Phi) is 5.82. The van der Waals surface area contributed by atoms with Crippen LogP contribution >= 0.6 is 0 Å². The molecule has 0 radical (unpaired) electrons. The minimum Gasteiger partial charge on any atom is -0.456 e. The first-order valence-corrected chi connectivity index (χ1v) is 14.3. The maximum atomic E-state index is 6.18. The zero-order valence-corrected chi connectivity index (χ0v) is 22.9. The Labute approximate surface area is 244 Å². The lowest BCUT2D eigenvalue weighted by Gasteiger charge is -2.28. The second-order valence-corrected chi connectivity index (χ2v) is 10.6. The number of benzene rings is 7. The van der Waals surface area contributed by atoms with Crippen molar-refractivity contribution in [3.8, 4) is 22.3 Å². The van der Waals surface area contributed by atoms with Crippen LogP contribution in [0.3, 0.4) is 0 Å². The Balaban J connectivity index is 1.33. The third kappa shape index (κ3) is 4.13. The smallest absolute Gasteiger partial charge is 0.136 e. The molecule has 8 aromatic rings. The van der Waals surface area contributed by atoms with E-state index in [1.54, 1.807) is 0 Å². The van der Waals surface area contributed by atoms with Crippen molar-refractivity contribution in [1.29, 1.82) is 0 Å². The van der Waals surface area contributed by atoms with Crippen molar-refractivity contribution < 1.29 is 4.42 Å². The van der Waals surface area contributed by atoms with Crippen molar-refractivity contribution in [2.75, 3.05) is 4.90 Å². The van der Waals surface area contributed by atoms with E-state index >= 15 is 0 Å². The Hall–Kier alpha value is -5.60. The summed E-state index contributed by atoms with van der Waals surface area (Å²) in [5.74, 6) is 0. The summed E-state index contributed by atoms with van der Waals surface area (Å²) in [4.78, 5) is 2.37. The van der Waals surface area contributed by atoms with E-state index in [0.29, 0.717) is 0 Å². The van der Waals surface area contributed by atoms with Crippen molar-refractivity contribution >= 4 is 49.8 Å². The van der Waals surface area contributed by atoms with Crippen LogP contribution in [-0.4, -0.2) is 0 Å². The van der Waals surface area contributed by atoms with Gasteiger partial charge < -0.3 is 9.32 Å². The molecule has 0 saturated heterocycles. The van der Waals surface area contributed by atoms with Gasteiger partial charge in [0.2, 0.25) is 0 Å². The number of hydrogen-bond donors (Lipinski definition) is 0. The quantitative estimate of drug-likeness (QED) is 0.217. The highest BCUT2D eigenvalue weighted by molar-refractivity contribution is 6.19. The molecular formula is C40H27NO. The molecule has 0 aliphatic carbocycles. The van der Waals surface area contributed by atoms with Gasteiger partial charge in [-0.25, -0.2) is 0 Å². The summed E-state index contributed by atoms with van der Waals surface area (Å²) in [7, 11) is 0. The van der Waals surface area contributed by atoms with Gasteiger partial charge in [0.05, 0.1) is 5.69 Å². The second-order valence-electron chi connectivity index (χ2n) is 10.6. The van der Waals surface area contributed by atoms with Crippen LogP contribution in [0.25, 0.3) is 55.0 Å². The molecular weight excluding hydrogens is 510 g/mol. The number of hydrogen-bond acceptors (Lipinski definition) is 2. The summed E-state index contributed by atoms with van der Waals surface area (Å²) in [6.45, 7) is 0. The van der Waals surface area contributed by atoms with Gasteiger partial charge in [-0.3, -0.25) is 0 Å². The van der Waals surface area contributed by atoms with Crippen molar-refractivity contribution in [1.82, 2.24) is 0 Å². The van der Waals surface area contributed by atoms with Crippen LogP contribution in [0.1, 0.15) is 0 Å². The van der Waals surface area contributed by atoms with Crippen LogP contribution in [0, 0.1) is 0 Å². The lowest BCUT2D eigenvalue weighted by molar-refractivity contribution is 0.669. The number of nitrogens with zero attached hydrogens (tertiary/aromatic N) is 1. The summed E-state index contributed by atoms with van der Waals surface area (Å²) < 4.78 is 6.18. The first kappa shape index (κ1) is 24.2. The molecule has 0 N–H and O–H groups in total. The fourth-order valence-corrected chi connectivity index (χ4v) is 6.07. The van der Waals surface area contributed by atoms with Crippen LogP contribution < -0.4 is 4.90 Å². The van der Waals surface area contributed by atoms with Crippen molar-refractivity contribution in [3.05, 3.63) is 164 Å². The van der Waals surface area contributed by atoms with Gasteiger partial charge in [0.15, 0.2) is 0 Å². The largest absolute Gasteiger partial charge is 0.456 e. The van der Waals surface area contributed by atoms with Crippen LogP contribution in [0.5, 0.6) is 0 Å². The minimum absolute atomic E-state index is 0.916. The Morgan fingerprint density at radius 2 is 1.05 bits per heavy atom. The lowest BCUT2D eigenvalue weighted by atomic mass is 9.99. The molecule has 8 rings (SSSR count). The summed E-state index contributed by atoms with van der Waals surface area (Å²) in [5, 5.41) is 4.68. The molecule has 1 heterocycles. The van der Waals surface area contributed by atoms with E-state index in [2.05, 4.69) is 157 Å². The van der Waals surface area contributed by atoms with Crippen LogP contribution in [0.2, 0.25) is 0 Å². The SMILES string of the molecule is c1ccc(-c2ccc(N(c3ccc4c(ccc5oc6ccccc6c54)c3)c3ccccc3-c3ccccc3)cc2)cc1. The molecule has 0 fully saturated rings. The highest BCUT2D eigenvalue weighted by atomic mass is 16.3. The van der Waals surface area contributed by atoms with Gasteiger partial charge in [-0.2, -0.15) is 0 Å². The first-order chi connectivity index (χ1) is 20.8. The predicted molar refractivity (Wildman–Crippen MR) is 177 cm³/mol. The fourth-order valence-electron chi connectivity index (χ4n) is 6.07. The number of fused-ring (bicyclic) bond motifs is 5. The Bertz CT molecular complexity index is 2180. The summed E-state index contributed by atoms with van der Waals surface area (Å²) in [5.41, 5.74) is 9.95. The van der Waals surface area contributed by atoms with Crippen LogP contribution in [0.4, 0.5) is 17.1 Å². The lowest BCUT2D eigenvalue weighted by Crippen LogP contribution is -2.11. The second kappa shape index (κ2) is 10.1. The molecule has 0 spiro atoms. The van der Waals surface area contributed by atoms with Gasteiger partial charge in [0.25, 0.3) is 0 Å². The van der Waals surface area contributed by atoms with Gasteiger partial charge in [-0.15, -0.1) is 0 Å². The molecule has 2 heteroatoms. The monoisotopic (exact) mass is 537 g/mol. The maximum Gasteiger partial charge on any atom is 0.136 e. The Morgan fingerprint density at radius 1 is 0.405 bits per heavy atom. The number of anilines is 3. The van der Waals surface area contributed by atoms with E-state index in [1.807, 2.05) is 12.1 Å². The van der Waals surface area contributed by atoms with E-state index in [1.165, 1.54) is 33.0 Å². The average molecular weight is 538 g/mol. The van der Waals surface area contributed by atoms with E-state index < -0.39 is 0 Å². The molecule has 0 amide bonds. The fraction of sp³-hybridized carbons (Fsp3) is 0. The third-order valence-corrected chi connectivity index (χ3v) is 8.06. The number of para-hydroxylation sites is 2. The topological polar surface area (TPSA) is 16.4 Å². The molecule has 0 atom stereocenters. The molecule has 2 nitrogen and oxygen atoms in total. The van der Waals surface area contributed by atoms with Crippen molar-refractivity contribution in [3.63, 3.8) is 0 Å². The van der Waals surface area contributed by atoms with E-state index in [4.69, 9.17) is 4.42 Å². The Morgan fingerprint density at radius 3 is 1.86 bits per heavy atom. The molecule has 0 saturated carbocycles. The van der Waals surface area contributed by atoms with Crippen molar-refractivity contribution in [2.24, 2.45) is 0 Å². The van der Waals surface area contributed by atoms with Gasteiger partial charge >= 0.3 is 0 Å². The van der Waals surface area contributed by atoms with Gasteiger partial charge in [0, 0.05) is 27.7 Å². The van der Waals surface area contributed by atoms with E-state index in [-0.39, 0.29) is 0 Å². The van der Waals surface area contributed by atoms with Crippen molar-refractivity contribution in [2.45, 2.75) is 0 Å². The molecule has 0 aliphatic heterocycles. The van der Waals surface area contributed by atoms with E-state index in [9.17, 15) is 0 Å². The van der Waals surface area contributed by atoms with Gasteiger partial charge in [-0.1, -0.05) is 121 Å². The summed E-state index contributed by atoms with van der Waals surface area (Å²) in [6, 6.07) is 58.0. The highest BCUT2D eigenvalue weighted by Gasteiger charge is 2.18. The normalized spacial score (nSPS) is 11.3. The predicted octanol–water partition coefficient (Wildman–Crippen LogP) is 11.5. The molecule has 7 aromatic carbocycles. The molecule has 0 aliphatic rings. The molecule has 1 aromatic heterocycles. The molecule has 0 bridgehead atoms. The van der Waals surface area contributed by atoms with Gasteiger partial charge in [-0.05, 0) is 69.9 Å². The summed E-state index contributed by atoms with van der Waals surface area (Å²) in [6.07, 6.45) is 0. The maximum absolute atomic E-state index is 6.18. The summed E-state index contributed by atoms with van der Waals surface area (Å²) >= 11 is 0. The third-order valence-electron chi connectivity index (χ3n) is 8.06. The highest BCUT2D eigenvalue weighted by Crippen LogP contribution is 2.43. The number of rotatable bonds is 5. The molecule has 42 heavy (non-hydrogen) atoms. The average Bonchev–Trinajstić information content (AvgIpc) is 3.45. The van der Waals surface area contributed by atoms with Crippen LogP contribution in [0.15, 0.2) is 168 Å². The zero-order valence-electron chi connectivity index (χ0n) is 22.9. The van der Waals surface area contributed by atoms with Crippen LogP contribution in [-0.2, 0) is 0 Å². The standard InChI is InChI=1S/C40H27NO/c1-3-11-28(12-4-1)29-19-22-32(23-20-29)41(37-17-9-7-15-34(37)30-13-5-2-6-14-30)33-24-25-35-31(27-33)21-26-39-40(35)36-16-8-10-18-38(36)42-39/h1-27H. The minimum atomic E-state index is 0.916. The van der Waals surface area contributed by atoms with Gasteiger partial charge in [0.1, 0.15) is 11.2 Å².